The topological polar surface area (TPSA) is 26.0 Å². The Bertz CT molecular complexity index is 336. The number of hydrogen-bond donors (Lipinski definition) is 1. The molecule has 0 saturated carbocycles. The highest BCUT2D eigenvalue weighted by Gasteiger charge is 2.21. The van der Waals surface area contributed by atoms with Crippen molar-refractivity contribution in [3.63, 3.8) is 0 Å². The molecule has 2 unspecified atom stereocenters. The number of rotatable bonds is 3. The Morgan fingerprint density at radius 1 is 1.38 bits per heavy atom. The molecule has 2 rings (SSSR count). The zero-order valence-electron chi connectivity index (χ0n) is 9.36. The Labute approximate surface area is 101 Å². The molecule has 2 atom stereocenters. The maximum absolute atomic E-state index is 13.5. The van der Waals surface area contributed by atoms with Crippen LogP contribution in [0.5, 0.6) is 0 Å². The second-order valence-corrected chi connectivity index (χ2v) is 5.71. The standard InChI is InChI=1S/C13H18FNS/c14-11-6-2-1-5-10(11)9-12(15)13-7-3-4-8-16-13/h1-2,5-6,12-13H,3-4,7-9,15H2. The third kappa shape index (κ3) is 2.98. The van der Waals surface area contributed by atoms with Crippen LogP contribution in [0, 0.1) is 5.82 Å². The van der Waals surface area contributed by atoms with Gasteiger partial charge in [0.05, 0.1) is 0 Å². The number of benzene rings is 1. The molecule has 0 spiro atoms. The van der Waals surface area contributed by atoms with Gasteiger partial charge in [-0.05, 0) is 36.6 Å². The zero-order valence-corrected chi connectivity index (χ0v) is 10.2. The van der Waals surface area contributed by atoms with Crippen molar-refractivity contribution in [1.29, 1.82) is 0 Å². The molecule has 0 bridgehead atoms. The lowest BCUT2D eigenvalue weighted by Gasteiger charge is -2.27. The highest BCUT2D eigenvalue weighted by molar-refractivity contribution is 8.00. The van der Waals surface area contributed by atoms with Gasteiger partial charge in [0.25, 0.3) is 0 Å². The van der Waals surface area contributed by atoms with Crippen molar-refractivity contribution in [3.05, 3.63) is 35.6 Å². The maximum atomic E-state index is 13.5. The minimum absolute atomic E-state index is 0.0854. The molecule has 1 aliphatic heterocycles. The quantitative estimate of drug-likeness (QED) is 0.877. The predicted octanol–water partition coefficient (Wildman–Crippen LogP) is 2.98. The monoisotopic (exact) mass is 239 g/mol. The van der Waals surface area contributed by atoms with Crippen molar-refractivity contribution in [2.75, 3.05) is 5.75 Å². The molecule has 1 aliphatic rings. The molecule has 1 aromatic rings. The van der Waals surface area contributed by atoms with Crippen molar-refractivity contribution in [2.45, 2.75) is 37.0 Å². The first-order chi connectivity index (χ1) is 7.77. The largest absolute Gasteiger partial charge is 0.326 e. The van der Waals surface area contributed by atoms with Gasteiger partial charge in [-0.3, -0.25) is 0 Å². The van der Waals surface area contributed by atoms with E-state index in [2.05, 4.69) is 0 Å². The fourth-order valence-electron chi connectivity index (χ4n) is 2.15. The van der Waals surface area contributed by atoms with Crippen LogP contribution >= 0.6 is 11.8 Å². The molecule has 0 aliphatic carbocycles. The van der Waals surface area contributed by atoms with Crippen LogP contribution < -0.4 is 5.73 Å². The van der Waals surface area contributed by atoms with Crippen LogP contribution in [0.2, 0.25) is 0 Å². The van der Waals surface area contributed by atoms with Crippen molar-refractivity contribution in [3.8, 4) is 0 Å². The molecule has 0 aromatic heterocycles. The summed E-state index contributed by atoms with van der Waals surface area (Å²) in [5.41, 5.74) is 6.91. The fraction of sp³-hybridized carbons (Fsp3) is 0.538. The smallest absolute Gasteiger partial charge is 0.126 e. The normalized spacial score (nSPS) is 23.0. The van der Waals surface area contributed by atoms with Crippen molar-refractivity contribution >= 4 is 11.8 Å². The van der Waals surface area contributed by atoms with Crippen LogP contribution in [-0.2, 0) is 6.42 Å². The summed E-state index contributed by atoms with van der Waals surface area (Å²) in [6.07, 6.45) is 4.40. The van der Waals surface area contributed by atoms with E-state index in [1.54, 1.807) is 6.07 Å². The van der Waals surface area contributed by atoms with E-state index < -0.39 is 0 Å². The summed E-state index contributed by atoms with van der Waals surface area (Å²) in [4.78, 5) is 0. The molecule has 88 valence electrons. The third-order valence-corrected chi connectivity index (χ3v) is 4.64. The van der Waals surface area contributed by atoms with Gasteiger partial charge in [0.15, 0.2) is 0 Å². The van der Waals surface area contributed by atoms with Crippen molar-refractivity contribution in [1.82, 2.24) is 0 Å². The van der Waals surface area contributed by atoms with Gasteiger partial charge in [0.2, 0.25) is 0 Å². The molecule has 0 amide bonds. The predicted molar refractivity (Wildman–Crippen MR) is 68.2 cm³/mol. The average Bonchev–Trinajstić information content (AvgIpc) is 2.33. The summed E-state index contributed by atoms with van der Waals surface area (Å²) in [6.45, 7) is 0. The number of hydrogen-bond acceptors (Lipinski definition) is 2. The zero-order chi connectivity index (χ0) is 11.4. The molecule has 1 fully saturated rings. The summed E-state index contributed by atoms with van der Waals surface area (Å²) < 4.78 is 13.5. The first-order valence-electron chi connectivity index (χ1n) is 5.88. The van der Waals surface area contributed by atoms with Gasteiger partial charge in [-0.25, -0.2) is 4.39 Å². The molecule has 0 radical (unpaired) electrons. The van der Waals surface area contributed by atoms with E-state index in [0.29, 0.717) is 11.7 Å². The summed E-state index contributed by atoms with van der Waals surface area (Å²) in [5.74, 6) is 1.08. The Morgan fingerprint density at radius 2 is 2.19 bits per heavy atom. The average molecular weight is 239 g/mol. The lowest BCUT2D eigenvalue weighted by Crippen LogP contribution is -2.36. The van der Waals surface area contributed by atoms with Crippen molar-refractivity contribution < 1.29 is 4.39 Å². The van der Waals surface area contributed by atoms with Gasteiger partial charge in [0, 0.05) is 11.3 Å². The first kappa shape index (κ1) is 11.9. The summed E-state index contributed by atoms with van der Waals surface area (Å²) in [6, 6.07) is 7.03. The van der Waals surface area contributed by atoms with E-state index in [1.165, 1.54) is 31.1 Å². The molecule has 16 heavy (non-hydrogen) atoms. The highest BCUT2D eigenvalue weighted by Crippen LogP contribution is 2.28. The van der Waals surface area contributed by atoms with Crippen LogP contribution in [0.25, 0.3) is 0 Å². The molecule has 1 saturated heterocycles. The maximum Gasteiger partial charge on any atom is 0.126 e. The first-order valence-corrected chi connectivity index (χ1v) is 6.93. The number of halogens is 1. The van der Waals surface area contributed by atoms with Gasteiger partial charge in [0.1, 0.15) is 5.82 Å². The lowest BCUT2D eigenvalue weighted by molar-refractivity contribution is 0.540. The van der Waals surface area contributed by atoms with E-state index in [9.17, 15) is 4.39 Å². The van der Waals surface area contributed by atoms with E-state index in [4.69, 9.17) is 5.73 Å². The summed E-state index contributed by atoms with van der Waals surface area (Å²) >= 11 is 1.95. The number of nitrogens with two attached hydrogens (primary N) is 1. The van der Waals surface area contributed by atoms with Crippen LogP contribution in [0.3, 0.4) is 0 Å². The SMILES string of the molecule is NC(Cc1ccccc1F)C1CCCCS1. The van der Waals surface area contributed by atoms with Crippen LogP contribution in [0.4, 0.5) is 4.39 Å². The van der Waals surface area contributed by atoms with Gasteiger partial charge < -0.3 is 5.73 Å². The molecule has 2 N–H and O–H groups in total. The van der Waals surface area contributed by atoms with E-state index in [0.717, 1.165) is 5.56 Å². The van der Waals surface area contributed by atoms with Crippen LogP contribution in [-0.4, -0.2) is 17.0 Å². The van der Waals surface area contributed by atoms with Gasteiger partial charge >= 0.3 is 0 Å². The molecule has 1 heterocycles. The second kappa shape index (κ2) is 5.69. The van der Waals surface area contributed by atoms with E-state index in [-0.39, 0.29) is 11.9 Å². The second-order valence-electron chi connectivity index (χ2n) is 4.36. The molecular weight excluding hydrogens is 221 g/mol. The van der Waals surface area contributed by atoms with Crippen molar-refractivity contribution in [2.24, 2.45) is 5.73 Å². The van der Waals surface area contributed by atoms with Crippen LogP contribution in [0.15, 0.2) is 24.3 Å². The lowest BCUT2D eigenvalue weighted by atomic mass is 10.00. The van der Waals surface area contributed by atoms with E-state index >= 15 is 0 Å². The highest BCUT2D eigenvalue weighted by atomic mass is 32.2. The molecule has 1 aromatic carbocycles. The van der Waals surface area contributed by atoms with Crippen LogP contribution in [0.1, 0.15) is 24.8 Å². The van der Waals surface area contributed by atoms with E-state index in [1.807, 2.05) is 23.9 Å². The molecule has 1 nitrogen and oxygen atoms in total. The summed E-state index contributed by atoms with van der Waals surface area (Å²) in [7, 11) is 0. The van der Waals surface area contributed by atoms with Gasteiger partial charge in [-0.1, -0.05) is 24.6 Å². The summed E-state index contributed by atoms with van der Waals surface area (Å²) in [5, 5.41) is 0.508. The molecular formula is C13H18FNS. The Hall–Kier alpha value is -0.540. The van der Waals surface area contributed by atoms with Gasteiger partial charge in [-0.15, -0.1) is 0 Å². The minimum atomic E-state index is -0.126. The minimum Gasteiger partial charge on any atom is -0.326 e. The Balaban J connectivity index is 1.96. The molecule has 3 heteroatoms. The van der Waals surface area contributed by atoms with Gasteiger partial charge in [-0.2, -0.15) is 11.8 Å². The Kier molecular flexibility index (Phi) is 4.24. The fourth-order valence-corrected chi connectivity index (χ4v) is 3.50. The third-order valence-electron chi connectivity index (χ3n) is 3.11. The number of thioether (sulfide) groups is 1. The Morgan fingerprint density at radius 3 is 2.88 bits per heavy atom.